The van der Waals surface area contributed by atoms with Crippen molar-refractivity contribution < 1.29 is 19.6 Å². The molecule has 0 heterocycles. The Labute approximate surface area is 128 Å². The molecule has 0 unspecified atom stereocenters. The van der Waals surface area contributed by atoms with E-state index < -0.39 is 10.9 Å². The Balaban J connectivity index is 0.00000400. The summed E-state index contributed by atoms with van der Waals surface area (Å²) in [7, 11) is 0. The Morgan fingerprint density at radius 1 is 1.24 bits per heavy atom. The number of rotatable bonds is 9. The first-order valence-corrected chi connectivity index (χ1v) is 6.49. The van der Waals surface area contributed by atoms with E-state index in [1.165, 1.54) is 6.07 Å². The van der Waals surface area contributed by atoms with Gasteiger partial charge < -0.3 is 5.11 Å². The summed E-state index contributed by atoms with van der Waals surface area (Å²) < 4.78 is 0. The third kappa shape index (κ3) is 6.35. The van der Waals surface area contributed by atoms with Crippen molar-refractivity contribution in [2.75, 3.05) is 0 Å². The zero-order valence-electron chi connectivity index (χ0n) is 11.5. The van der Waals surface area contributed by atoms with Crippen LogP contribution in [0.3, 0.4) is 0 Å². The summed E-state index contributed by atoms with van der Waals surface area (Å²) in [5.41, 5.74) is 0.532. The molecule has 0 saturated heterocycles. The van der Waals surface area contributed by atoms with Gasteiger partial charge in [-0.25, -0.2) is 0 Å². The number of para-hydroxylation sites is 1. The van der Waals surface area contributed by atoms with Crippen LogP contribution in [0.25, 0.3) is 0 Å². The molecular formula is C14H18ClNO5. The summed E-state index contributed by atoms with van der Waals surface area (Å²) in [5, 5.41) is 19.5. The van der Waals surface area contributed by atoms with E-state index >= 15 is 0 Å². The summed E-state index contributed by atoms with van der Waals surface area (Å²) >= 11 is 0. The number of nitrogens with zero attached hydrogens (tertiary/aromatic N) is 1. The summed E-state index contributed by atoms with van der Waals surface area (Å²) in [6.45, 7) is 0. The monoisotopic (exact) mass is 315 g/mol. The Hall–Kier alpha value is -1.95. The average molecular weight is 316 g/mol. The Morgan fingerprint density at radius 2 is 1.90 bits per heavy atom. The summed E-state index contributed by atoms with van der Waals surface area (Å²) in [4.78, 5) is 31.6. The topological polar surface area (TPSA) is 97.5 Å². The number of hydrogen-bond acceptors (Lipinski definition) is 4. The van der Waals surface area contributed by atoms with Crippen LogP contribution in [0, 0.1) is 10.1 Å². The van der Waals surface area contributed by atoms with E-state index in [-0.39, 0.29) is 30.1 Å². The zero-order chi connectivity index (χ0) is 15.0. The molecule has 116 valence electrons. The van der Waals surface area contributed by atoms with Gasteiger partial charge in [-0.1, -0.05) is 25.0 Å². The number of halogens is 1. The lowest BCUT2D eigenvalue weighted by molar-refractivity contribution is -0.385. The molecule has 0 fully saturated rings. The van der Waals surface area contributed by atoms with Crippen LogP contribution in [-0.4, -0.2) is 22.3 Å². The van der Waals surface area contributed by atoms with Crippen molar-refractivity contribution in [3.05, 3.63) is 39.4 Å². The van der Waals surface area contributed by atoms with E-state index in [1.807, 2.05) is 0 Å². The third-order valence-electron chi connectivity index (χ3n) is 3.05. The molecule has 7 heteroatoms. The quantitative estimate of drug-likeness (QED) is 0.326. The maximum absolute atomic E-state index is 11.0. The molecule has 0 aromatic heterocycles. The fraction of sp³-hybridized carbons (Fsp3) is 0.429. The fourth-order valence-electron chi connectivity index (χ4n) is 2.08. The summed E-state index contributed by atoms with van der Waals surface area (Å²) in [6.07, 6.45) is 4.12. The maximum atomic E-state index is 11.0. The molecule has 1 aromatic rings. The SMILES string of the molecule is Cl.O=Cc1cccc(CCCCCCC(=O)O)c1[N+](=O)[O-]. The van der Waals surface area contributed by atoms with Gasteiger partial charge in [0.05, 0.1) is 10.5 Å². The molecule has 0 spiro atoms. The van der Waals surface area contributed by atoms with E-state index in [9.17, 15) is 19.7 Å². The Kier molecular flexibility index (Phi) is 8.96. The number of unbranched alkanes of at least 4 members (excludes halogenated alkanes) is 3. The second kappa shape index (κ2) is 9.88. The maximum Gasteiger partial charge on any atom is 0.303 e. The van der Waals surface area contributed by atoms with Gasteiger partial charge in [0, 0.05) is 12.0 Å². The van der Waals surface area contributed by atoms with Crippen molar-refractivity contribution in [3.8, 4) is 0 Å². The lowest BCUT2D eigenvalue weighted by Crippen LogP contribution is -2.00. The molecule has 0 atom stereocenters. The first kappa shape index (κ1) is 19.1. The van der Waals surface area contributed by atoms with E-state index in [4.69, 9.17) is 5.11 Å². The molecule has 1 rings (SSSR count). The van der Waals surface area contributed by atoms with Crippen molar-refractivity contribution in [3.63, 3.8) is 0 Å². The summed E-state index contributed by atoms with van der Waals surface area (Å²) in [5.74, 6) is -0.806. The second-order valence-electron chi connectivity index (χ2n) is 4.54. The third-order valence-corrected chi connectivity index (χ3v) is 3.05. The molecule has 0 radical (unpaired) electrons. The molecule has 1 aromatic carbocycles. The second-order valence-corrected chi connectivity index (χ2v) is 4.54. The first-order chi connectivity index (χ1) is 9.56. The standard InChI is InChI=1S/C14H17NO5.ClH/c16-10-12-8-5-7-11(14(12)15(19)20)6-3-1-2-4-9-13(17)18;/h5,7-8,10H,1-4,6,9H2,(H,17,18);1H. The van der Waals surface area contributed by atoms with E-state index in [0.29, 0.717) is 24.7 Å². The number of aryl methyl sites for hydroxylation is 1. The summed E-state index contributed by atoms with van der Waals surface area (Å²) in [6, 6.07) is 4.72. The highest BCUT2D eigenvalue weighted by Crippen LogP contribution is 2.24. The molecule has 21 heavy (non-hydrogen) atoms. The number of carboxylic acid groups (broad SMARTS) is 1. The van der Waals surface area contributed by atoms with Crippen molar-refractivity contribution in [1.29, 1.82) is 0 Å². The molecular weight excluding hydrogens is 298 g/mol. The molecule has 0 aliphatic rings. The molecule has 0 amide bonds. The van der Waals surface area contributed by atoms with Gasteiger partial charge in [-0.05, 0) is 25.3 Å². The van der Waals surface area contributed by atoms with Gasteiger partial charge in [0.25, 0.3) is 5.69 Å². The van der Waals surface area contributed by atoms with Gasteiger partial charge >= 0.3 is 5.97 Å². The van der Waals surface area contributed by atoms with Crippen LogP contribution in [0.4, 0.5) is 5.69 Å². The van der Waals surface area contributed by atoms with E-state index in [0.717, 1.165) is 19.3 Å². The van der Waals surface area contributed by atoms with E-state index in [1.54, 1.807) is 12.1 Å². The van der Waals surface area contributed by atoms with Crippen LogP contribution >= 0.6 is 12.4 Å². The van der Waals surface area contributed by atoms with Gasteiger partial charge in [-0.15, -0.1) is 12.4 Å². The number of benzene rings is 1. The highest BCUT2D eigenvalue weighted by molar-refractivity contribution is 5.85. The molecule has 1 N–H and O–H groups in total. The number of carboxylic acids is 1. The minimum absolute atomic E-state index is 0. The number of nitro benzene ring substituents is 1. The first-order valence-electron chi connectivity index (χ1n) is 6.49. The van der Waals surface area contributed by atoms with Crippen LogP contribution in [0.1, 0.15) is 48.0 Å². The highest BCUT2D eigenvalue weighted by atomic mass is 35.5. The highest BCUT2D eigenvalue weighted by Gasteiger charge is 2.18. The van der Waals surface area contributed by atoms with Crippen molar-refractivity contribution >= 4 is 30.3 Å². The Bertz CT molecular complexity index is 504. The van der Waals surface area contributed by atoms with Crippen molar-refractivity contribution in [2.45, 2.75) is 38.5 Å². The van der Waals surface area contributed by atoms with Crippen molar-refractivity contribution in [1.82, 2.24) is 0 Å². The molecule has 0 aliphatic carbocycles. The van der Waals surface area contributed by atoms with Gasteiger partial charge in [0.15, 0.2) is 6.29 Å². The van der Waals surface area contributed by atoms with Crippen LogP contribution in [-0.2, 0) is 11.2 Å². The molecule has 6 nitrogen and oxygen atoms in total. The lowest BCUT2D eigenvalue weighted by Gasteiger charge is -2.04. The molecule has 0 bridgehead atoms. The molecule has 0 aliphatic heterocycles. The number of aliphatic carboxylic acids is 1. The fourth-order valence-corrected chi connectivity index (χ4v) is 2.08. The van der Waals surface area contributed by atoms with Gasteiger partial charge in [-0.2, -0.15) is 0 Å². The van der Waals surface area contributed by atoms with Crippen LogP contribution in [0.2, 0.25) is 0 Å². The van der Waals surface area contributed by atoms with Gasteiger partial charge in [0.2, 0.25) is 0 Å². The largest absolute Gasteiger partial charge is 0.481 e. The number of carbonyl (C=O) groups excluding carboxylic acids is 1. The number of aldehydes is 1. The number of hydrogen-bond donors (Lipinski definition) is 1. The zero-order valence-corrected chi connectivity index (χ0v) is 12.3. The minimum atomic E-state index is -0.806. The predicted molar refractivity (Wildman–Crippen MR) is 80.2 cm³/mol. The average Bonchev–Trinajstić information content (AvgIpc) is 2.41. The smallest absolute Gasteiger partial charge is 0.303 e. The number of carbonyl (C=O) groups is 2. The normalized spacial score (nSPS) is 9.71. The molecule has 0 saturated carbocycles. The van der Waals surface area contributed by atoms with E-state index in [2.05, 4.69) is 0 Å². The predicted octanol–water partition coefficient (Wildman–Crippen LogP) is 3.41. The van der Waals surface area contributed by atoms with Crippen molar-refractivity contribution in [2.24, 2.45) is 0 Å². The number of nitro groups is 1. The van der Waals surface area contributed by atoms with Crippen LogP contribution in [0.5, 0.6) is 0 Å². The lowest BCUT2D eigenvalue weighted by atomic mass is 10.0. The Morgan fingerprint density at radius 3 is 2.48 bits per heavy atom. The van der Waals surface area contributed by atoms with Gasteiger partial charge in [0.1, 0.15) is 0 Å². The van der Waals surface area contributed by atoms with Gasteiger partial charge in [-0.3, -0.25) is 19.7 Å². The van der Waals surface area contributed by atoms with Crippen LogP contribution < -0.4 is 0 Å². The van der Waals surface area contributed by atoms with Crippen LogP contribution in [0.15, 0.2) is 18.2 Å². The minimum Gasteiger partial charge on any atom is -0.481 e.